The lowest BCUT2D eigenvalue weighted by molar-refractivity contribution is -0.141. The number of thiazole rings is 1. The maximum Gasteiger partial charge on any atom is 0.325 e. The van der Waals surface area contributed by atoms with Crippen molar-refractivity contribution in [2.45, 2.75) is 37.1 Å². The molecule has 1 aliphatic heterocycles. The van der Waals surface area contributed by atoms with Crippen LogP contribution >= 0.6 is 11.3 Å². The second kappa shape index (κ2) is 10.3. The Labute approximate surface area is 204 Å². The first-order chi connectivity index (χ1) is 16.7. The minimum atomic E-state index is -3.68. The first-order valence-electron chi connectivity index (χ1n) is 10.9. The highest BCUT2D eigenvalue weighted by atomic mass is 32.2. The van der Waals surface area contributed by atoms with E-state index in [9.17, 15) is 26.8 Å². The maximum absolute atomic E-state index is 14.5. The van der Waals surface area contributed by atoms with Crippen molar-refractivity contribution in [3.05, 3.63) is 58.4 Å². The number of amides is 1. The average molecular weight is 524 g/mol. The van der Waals surface area contributed by atoms with Gasteiger partial charge in [-0.15, -0.1) is 0 Å². The highest BCUT2D eigenvalue weighted by Crippen LogP contribution is 2.23. The zero-order valence-electron chi connectivity index (χ0n) is 18.9. The average Bonchev–Trinajstić information content (AvgIpc) is 3.00. The first kappa shape index (κ1) is 25.1. The standard InChI is InChI=1S/C23H23F2N3O5S2/c1-33-20(29)14-28-21-18(25)12-16(24)13-19(21)34-23(28)26-22(30)15-6-8-17(9-7-15)35(31,32)27-10-4-2-3-5-11-27/h6-9,12-13H,2-5,10-11,14H2,1H3. The summed E-state index contributed by atoms with van der Waals surface area (Å²) in [6, 6.07) is 7.18. The van der Waals surface area contributed by atoms with Gasteiger partial charge in [0.2, 0.25) is 10.0 Å². The molecule has 1 fully saturated rings. The van der Waals surface area contributed by atoms with Crippen molar-refractivity contribution in [2.75, 3.05) is 20.2 Å². The molecule has 1 amide bonds. The lowest BCUT2D eigenvalue weighted by Crippen LogP contribution is -2.31. The van der Waals surface area contributed by atoms with Gasteiger partial charge >= 0.3 is 5.97 Å². The molecule has 35 heavy (non-hydrogen) atoms. The number of ether oxygens (including phenoxy) is 1. The van der Waals surface area contributed by atoms with Crippen LogP contribution in [0, 0.1) is 11.6 Å². The van der Waals surface area contributed by atoms with Gasteiger partial charge in [-0.2, -0.15) is 9.30 Å². The molecule has 0 bridgehead atoms. The highest BCUT2D eigenvalue weighted by Gasteiger charge is 2.25. The number of aromatic nitrogens is 1. The molecular weight excluding hydrogens is 500 g/mol. The van der Waals surface area contributed by atoms with E-state index < -0.39 is 40.1 Å². The number of esters is 1. The van der Waals surface area contributed by atoms with Crippen LogP contribution in [0.2, 0.25) is 0 Å². The van der Waals surface area contributed by atoms with E-state index in [2.05, 4.69) is 9.73 Å². The van der Waals surface area contributed by atoms with Crippen molar-refractivity contribution < 1.29 is 31.5 Å². The second-order valence-corrected chi connectivity index (χ2v) is 11.0. The zero-order chi connectivity index (χ0) is 25.2. The third-order valence-corrected chi connectivity index (χ3v) is 8.65. The Morgan fingerprint density at radius 1 is 1.06 bits per heavy atom. The lowest BCUT2D eigenvalue weighted by atomic mass is 10.2. The number of carbonyl (C=O) groups is 2. The van der Waals surface area contributed by atoms with E-state index in [0.29, 0.717) is 19.2 Å². The summed E-state index contributed by atoms with van der Waals surface area (Å²) in [4.78, 5) is 28.8. The summed E-state index contributed by atoms with van der Waals surface area (Å²) in [6.45, 7) is 0.488. The Balaban J connectivity index is 1.68. The number of methoxy groups -OCH3 is 1. The number of fused-ring (bicyclic) bond motifs is 1. The van der Waals surface area contributed by atoms with Crippen molar-refractivity contribution in [3.8, 4) is 0 Å². The van der Waals surface area contributed by atoms with Gasteiger partial charge in [-0.05, 0) is 43.2 Å². The Bertz CT molecular complexity index is 1440. The number of nitrogens with zero attached hydrogens (tertiary/aromatic N) is 3. The van der Waals surface area contributed by atoms with E-state index in [0.717, 1.165) is 54.8 Å². The third-order valence-electron chi connectivity index (χ3n) is 5.71. The van der Waals surface area contributed by atoms with Crippen molar-refractivity contribution in [1.82, 2.24) is 8.87 Å². The Morgan fingerprint density at radius 3 is 2.34 bits per heavy atom. The normalized spacial score (nSPS) is 15.8. The first-order valence-corrected chi connectivity index (χ1v) is 13.2. The molecule has 4 rings (SSSR count). The minimum Gasteiger partial charge on any atom is -0.468 e. The summed E-state index contributed by atoms with van der Waals surface area (Å²) in [7, 11) is -2.51. The molecule has 8 nitrogen and oxygen atoms in total. The molecule has 2 heterocycles. The second-order valence-electron chi connectivity index (χ2n) is 8.04. The van der Waals surface area contributed by atoms with Crippen LogP contribution in [0.25, 0.3) is 10.2 Å². The maximum atomic E-state index is 14.5. The highest BCUT2D eigenvalue weighted by molar-refractivity contribution is 7.89. The SMILES string of the molecule is COC(=O)Cn1c(=NC(=O)c2ccc(S(=O)(=O)N3CCCCCC3)cc2)sc2cc(F)cc(F)c21. The van der Waals surface area contributed by atoms with E-state index in [1.165, 1.54) is 28.6 Å². The quantitative estimate of drug-likeness (QED) is 0.477. The van der Waals surface area contributed by atoms with Gasteiger partial charge in [-0.25, -0.2) is 17.2 Å². The van der Waals surface area contributed by atoms with Crippen LogP contribution in [-0.4, -0.2) is 49.4 Å². The molecule has 0 spiro atoms. The molecule has 0 unspecified atom stereocenters. The summed E-state index contributed by atoms with van der Waals surface area (Å²) in [5.41, 5.74) is 0.0285. The van der Waals surface area contributed by atoms with Crippen LogP contribution in [-0.2, 0) is 26.1 Å². The van der Waals surface area contributed by atoms with Crippen LogP contribution in [0.15, 0.2) is 46.3 Å². The van der Waals surface area contributed by atoms with E-state index in [4.69, 9.17) is 0 Å². The van der Waals surface area contributed by atoms with Gasteiger partial charge < -0.3 is 9.30 Å². The molecule has 0 saturated carbocycles. The number of halogens is 2. The van der Waals surface area contributed by atoms with Gasteiger partial charge in [0.1, 0.15) is 12.4 Å². The smallest absolute Gasteiger partial charge is 0.325 e. The van der Waals surface area contributed by atoms with Gasteiger partial charge in [0.05, 0.1) is 22.2 Å². The molecule has 0 atom stereocenters. The van der Waals surface area contributed by atoms with E-state index >= 15 is 0 Å². The molecule has 0 N–H and O–H groups in total. The number of hydrogen-bond acceptors (Lipinski definition) is 6. The number of rotatable bonds is 5. The molecule has 1 saturated heterocycles. The molecule has 186 valence electrons. The fraction of sp³-hybridized carbons (Fsp3) is 0.348. The Morgan fingerprint density at radius 2 is 1.71 bits per heavy atom. The molecule has 12 heteroatoms. The van der Waals surface area contributed by atoms with Gasteiger partial charge in [0.15, 0.2) is 10.6 Å². The van der Waals surface area contributed by atoms with E-state index in [-0.39, 0.29) is 25.5 Å². The fourth-order valence-electron chi connectivity index (χ4n) is 3.91. The van der Waals surface area contributed by atoms with E-state index in [1.54, 1.807) is 0 Å². The lowest BCUT2D eigenvalue weighted by Gasteiger charge is -2.19. The van der Waals surface area contributed by atoms with Gasteiger partial charge in [-0.1, -0.05) is 24.2 Å². The topological polar surface area (TPSA) is 98.0 Å². The molecule has 3 aromatic rings. The van der Waals surface area contributed by atoms with E-state index in [1.807, 2.05) is 0 Å². The Kier molecular flexibility index (Phi) is 7.43. The Hall–Kier alpha value is -2.96. The van der Waals surface area contributed by atoms with Crippen molar-refractivity contribution in [1.29, 1.82) is 0 Å². The number of sulfonamides is 1. The predicted molar refractivity (Wildman–Crippen MR) is 125 cm³/mol. The molecule has 1 aliphatic rings. The van der Waals surface area contributed by atoms with Crippen LogP contribution in [0.1, 0.15) is 36.0 Å². The summed E-state index contributed by atoms with van der Waals surface area (Å²) >= 11 is 0.841. The molecular formula is C23H23F2N3O5S2. The summed E-state index contributed by atoms with van der Waals surface area (Å²) in [6.07, 6.45) is 3.59. The molecule has 2 aromatic carbocycles. The monoisotopic (exact) mass is 523 g/mol. The number of carbonyl (C=O) groups excluding carboxylic acids is 2. The van der Waals surface area contributed by atoms with Crippen LogP contribution < -0.4 is 4.80 Å². The van der Waals surface area contributed by atoms with Crippen LogP contribution in [0.3, 0.4) is 0 Å². The zero-order valence-corrected chi connectivity index (χ0v) is 20.5. The van der Waals surface area contributed by atoms with Gasteiger partial charge in [-0.3, -0.25) is 9.59 Å². The molecule has 1 aromatic heterocycles. The summed E-state index contributed by atoms with van der Waals surface area (Å²) in [5, 5.41) is 0. The largest absolute Gasteiger partial charge is 0.468 e. The summed E-state index contributed by atoms with van der Waals surface area (Å²) < 4.78 is 61.5. The number of benzene rings is 2. The summed E-state index contributed by atoms with van der Waals surface area (Å²) in [5.74, 6) is -3.14. The van der Waals surface area contributed by atoms with Crippen LogP contribution in [0.5, 0.6) is 0 Å². The van der Waals surface area contributed by atoms with Gasteiger partial charge in [0, 0.05) is 24.7 Å². The van der Waals surface area contributed by atoms with Crippen LogP contribution in [0.4, 0.5) is 8.78 Å². The van der Waals surface area contributed by atoms with Gasteiger partial charge in [0.25, 0.3) is 5.91 Å². The minimum absolute atomic E-state index is 0.0267. The molecule has 0 aliphatic carbocycles. The molecule has 0 radical (unpaired) electrons. The predicted octanol–water partition coefficient (Wildman–Crippen LogP) is 3.46. The number of hydrogen-bond donors (Lipinski definition) is 0. The van der Waals surface area contributed by atoms with Crippen molar-refractivity contribution in [2.24, 2.45) is 4.99 Å². The third kappa shape index (κ3) is 5.34. The van der Waals surface area contributed by atoms with Crippen molar-refractivity contribution >= 4 is 43.5 Å². The fourth-order valence-corrected chi connectivity index (χ4v) is 6.49. The van der Waals surface area contributed by atoms with Crippen molar-refractivity contribution in [3.63, 3.8) is 0 Å².